The molecule has 2 rings (SSSR count). The largest absolute Gasteiger partial charge is 0.999 e. The summed E-state index contributed by atoms with van der Waals surface area (Å²) in [5, 5.41) is 8.27. The summed E-state index contributed by atoms with van der Waals surface area (Å²) in [6.45, 7) is 0. The number of aromatic carboxylic acids is 1. The molecule has 0 heterocycles. The third kappa shape index (κ3) is 4.65. The van der Waals surface area contributed by atoms with Crippen LogP contribution >= 0.6 is 0 Å². The van der Waals surface area contributed by atoms with Crippen LogP contribution in [0.1, 0.15) is 10.4 Å². The number of rotatable bonds is 1. The molecule has 0 aromatic heterocycles. The molecule has 0 saturated heterocycles. The van der Waals surface area contributed by atoms with Gasteiger partial charge < -0.3 is 35.4 Å². The maximum Gasteiger partial charge on any atom is 0.278 e. The van der Waals surface area contributed by atoms with Crippen molar-refractivity contribution in [3.63, 3.8) is 0 Å². The Morgan fingerprint density at radius 2 is 1.71 bits per heavy atom. The Kier molecular flexibility index (Phi) is 6.46. The molecule has 76 valence electrons. The SMILES string of the molecule is O=C(O)[c-]1cccc1.[Fe].[c-]1[c-][c-][cH-][c-]1. The summed E-state index contributed by atoms with van der Waals surface area (Å²) in [5.74, 6) is -0.866. The van der Waals surface area contributed by atoms with Crippen LogP contribution in [-0.4, -0.2) is 11.1 Å². The monoisotopic (exact) mass is 226 g/mol. The first-order valence-corrected chi connectivity index (χ1v) is 3.58. The maximum atomic E-state index is 10.1. The van der Waals surface area contributed by atoms with Gasteiger partial charge in [0, 0.05) is 17.1 Å². The van der Waals surface area contributed by atoms with Crippen molar-refractivity contribution >= 4 is 5.97 Å². The number of carboxylic acid groups (broad SMARTS) is 1. The first-order valence-electron chi connectivity index (χ1n) is 3.58. The van der Waals surface area contributed by atoms with E-state index in [9.17, 15) is 4.79 Å². The van der Waals surface area contributed by atoms with Crippen LogP contribution in [0.3, 0.4) is 0 Å². The zero-order valence-electron chi connectivity index (χ0n) is 7.10. The van der Waals surface area contributed by atoms with Crippen molar-refractivity contribution in [1.29, 1.82) is 0 Å². The van der Waals surface area contributed by atoms with E-state index in [1.165, 1.54) is 0 Å². The minimum Gasteiger partial charge on any atom is -0.999 e. The van der Waals surface area contributed by atoms with E-state index in [0.717, 1.165) is 0 Å². The molecule has 2 nitrogen and oxygen atoms in total. The van der Waals surface area contributed by atoms with Gasteiger partial charge in [-0.2, -0.15) is 12.1 Å². The molecule has 2 aromatic rings. The molecule has 0 bridgehead atoms. The second-order valence-electron chi connectivity index (χ2n) is 2.16. The van der Waals surface area contributed by atoms with Crippen molar-refractivity contribution in [3.8, 4) is 0 Å². The number of hydrogen-bond acceptors (Lipinski definition) is 1. The second kappa shape index (κ2) is 7.13. The first kappa shape index (κ1) is 12.7. The van der Waals surface area contributed by atoms with Crippen LogP contribution in [0.4, 0.5) is 0 Å². The van der Waals surface area contributed by atoms with Crippen LogP contribution in [0.2, 0.25) is 0 Å². The Hall–Kier alpha value is -1.31. The number of hydrogen-bond donors (Lipinski definition) is 1. The predicted molar refractivity (Wildman–Crippen MR) is 46.4 cm³/mol. The quantitative estimate of drug-likeness (QED) is 0.593. The summed E-state index contributed by atoms with van der Waals surface area (Å²) in [7, 11) is 0. The van der Waals surface area contributed by atoms with Crippen LogP contribution in [0.5, 0.6) is 0 Å². The Bertz CT molecular complexity index is 305. The summed E-state index contributed by atoms with van der Waals surface area (Å²) in [5.41, 5.74) is 0.352. The smallest absolute Gasteiger partial charge is 0.278 e. The van der Waals surface area contributed by atoms with Gasteiger partial charge in [0.1, 0.15) is 0 Å². The van der Waals surface area contributed by atoms with E-state index in [-0.39, 0.29) is 17.1 Å². The van der Waals surface area contributed by atoms with Crippen molar-refractivity contribution in [2.24, 2.45) is 0 Å². The summed E-state index contributed by atoms with van der Waals surface area (Å²) >= 11 is 0. The molecule has 14 heavy (non-hydrogen) atoms. The molecule has 0 amide bonds. The number of carbonyl (C=O) groups is 1. The fraction of sp³-hybridized carbons (Fsp3) is 0. The number of carboxylic acids is 1. The van der Waals surface area contributed by atoms with Crippen molar-refractivity contribution in [1.82, 2.24) is 0 Å². The topological polar surface area (TPSA) is 37.3 Å². The van der Waals surface area contributed by atoms with Gasteiger partial charge in [-0.25, -0.2) is 12.1 Å². The fourth-order valence-electron chi connectivity index (χ4n) is 0.697. The van der Waals surface area contributed by atoms with Crippen molar-refractivity contribution < 1.29 is 27.0 Å². The zero-order valence-corrected chi connectivity index (χ0v) is 8.20. The molecule has 0 saturated carbocycles. The molecule has 0 atom stereocenters. The molecule has 0 spiro atoms. The van der Waals surface area contributed by atoms with E-state index in [2.05, 4.69) is 24.3 Å². The van der Waals surface area contributed by atoms with Crippen LogP contribution < -0.4 is 0 Å². The Morgan fingerprint density at radius 3 is 1.93 bits per heavy atom. The zero-order chi connectivity index (χ0) is 9.52. The van der Waals surface area contributed by atoms with Crippen molar-refractivity contribution in [3.05, 3.63) is 60.2 Å². The second-order valence-corrected chi connectivity index (χ2v) is 2.16. The van der Waals surface area contributed by atoms with Gasteiger partial charge in [0.15, 0.2) is 0 Å². The van der Waals surface area contributed by atoms with Crippen LogP contribution in [0.15, 0.2) is 30.3 Å². The molecule has 0 aliphatic heterocycles. The standard InChI is InChI=1S/C6H5O2.C5H.Fe/c7-6(8)5-3-1-2-4-5;1-2-4-5-3-1;/h1-4H,(H,7,8);1H;/q-1;-5;. The minimum atomic E-state index is -0.866. The van der Waals surface area contributed by atoms with E-state index in [1.807, 2.05) is 0 Å². The first-order chi connectivity index (χ1) is 6.30. The van der Waals surface area contributed by atoms with Gasteiger partial charge in [0.2, 0.25) is 0 Å². The summed E-state index contributed by atoms with van der Waals surface area (Å²) in [6.07, 6.45) is 0. The minimum absolute atomic E-state index is 0. The molecule has 0 aliphatic carbocycles. The molecule has 0 unspecified atom stereocenters. The van der Waals surface area contributed by atoms with Gasteiger partial charge in [-0.1, -0.05) is 5.56 Å². The normalized spacial score (nSPS) is 8.00. The Morgan fingerprint density at radius 1 is 1.21 bits per heavy atom. The van der Waals surface area contributed by atoms with Crippen LogP contribution in [0.25, 0.3) is 0 Å². The van der Waals surface area contributed by atoms with E-state index in [1.54, 1.807) is 30.3 Å². The molecular weight excluding hydrogens is 220 g/mol. The van der Waals surface area contributed by atoms with Gasteiger partial charge in [-0.15, -0.1) is 0 Å². The molecule has 1 N–H and O–H groups in total. The van der Waals surface area contributed by atoms with Gasteiger partial charge >= 0.3 is 0 Å². The van der Waals surface area contributed by atoms with Gasteiger partial charge in [-0.05, 0) is 0 Å². The molecule has 0 aliphatic rings. The average molecular weight is 226 g/mol. The fourth-order valence-corrected chi connectivity index (χ4v) is 0.697. The summed E-state index contributed by atoms with van der Waals surface area (Å²) < 4.78 is 0. The molecule has 0 radical (unpaired) electrons. The average Bonchev–Trinajstić information content (AvgIpc) is 2.82. The van der Waals surface area contributed by atoms with E-state index >= 15 is 0 Å². The predicted octanol–water partition coefficient (Wildman–Crippen LogP) is 1.71. The van der Waals surface area contributed by atoms with Gasteiger partial charge in [-0.3, -0.25) is 4.79 Å². The molecular formula is C11H6FeO2-6. The molecule has 0 fully saturated rings. The van der Waals surface area contributed by atoms with Gasteiger partial charge in [0.05, 0.1) is 0 Å². The summed E-state index contributed by atoms with van der Waals surface area (Å²) in [6, 6.07) is 18.5. The van der Waals surface area contributed by atoms with Crippen LogP contribution in [-0.2, 0) is 17.1 Å². The van der Waals surface area contributed by atoms with Crippen molar-refractivity contribution in [2.45, 2.75) is 0 Å². The summed E-state index contributed by atoms with van der Waals surface area (Å²) in [4.78, 5) is 10.1. The Balaban J connectivity index is 0.000000246. The maximum absolute atomic E-state index is 10.1. The van der Waals surface area contributed by atoms with E-state index in [0.29, 0.717) is 5.56 Å². The molecule has 2 aromatic carbocycles. The van der Waals surface area contributed by atoms with Gasteiger partial charge in [0.25, 0.3) is 5.97 Å². The van der Waals surface area contributed by atoms with Crippen molar-refractivity contribution in [2.75, 3.05) is 0 Å². The third-order valence-corrected chi connectivity index (χ3v) is 1.26. The van der Waals surface area contributed by atoms with E-state index < -0.39 is 5.97 Å². The molecule has 3 heteroatoms. The third-order valence-electron chi connectivity index (χ3n) is 1.26. The Labute approximate surface area is 93.4 Å². The van der Waals surface area contributed by atoms with Crippen LogP contribution in [0, 0.1) is 24.3 Å². The van der Waals surface area contributed by atoms with E-state index in [4.69, 9.17) is 5.11 Å².